The predicted octanol–water partition coefficient (Wildman–Crippen LogP) is 5.27. The fourth-order valence-electron chi connectivity index (χ4n) is 4.65. The lowest BCUT2D eigenvalue weighted by molar-refractivity contribution is -0.145. The van der Waals surface area contributed by atoms with Crippen molar-refractivity contribution in [1.29, 1.82) is 0 Å². The van der Waals surface area contributed by atoms with E-state index < -0.39 is 34.6 Å². The van der Waals surface area contributed by atoms with Crippen LogP contribution in [0.25, 0.3) is 0 Å². The monoisotopic (exact) mass is 511 g/mol. The Hall–Kier alpha value is -3.55. The summed E-state index contributed by atoms with van der Waals surface area (Å²) in [6, 6.07) is 9.41. The molecule has 2 aromatic carbocycles. The first kappa shape index (κ1) is 29.7. The van der Waals surface area contributed by atoms with Gasteiger partial charge in [-0.05, 0) is 88.8 Å². The van der Waals surface area contributed by atoms with Crippen LogP contribution in [0, 0.1) is 30.6 Å². The van der Waals surface area contributed by atoms with Crippen molar-refractivity contribution < 1.29 is 24.6 Å². The molecule has 0 radical (unpaired) electrons. The van der Waals surface area contributed by atoms with E-state index in [1.807, 2.05) is 13.8 Å². The summed E-state index contributed by atoms with van der Waals surface area (Å²) in [6.07, 6.45) is 0.666. The van der Waals surface area contributed by atoms with Crippen LogP contribution in [0.2, 0.25) is 0 Å². The van der Waals surface area contributed by atoms with E-state index in [0.29, 0.717) is 6.42 Å². The zero-order valence-electron chi connectivity index (χ0n) is 23.4. The molecule has 2 rings (SSSR count). The lowest BCUT2D eigenvalue weighted by Gasteiger charge is -2.38. The topological polar surface area (TPSA) is 128 Å². The molecule has 0 heterocycles. The second-order valence-electron chi connectivity index (χ2n) is 12.2. The molecule has 202 valence electrons. The Bertz CT molecular complexity index is 1110. The van der Waals surface area contributed by atoms with E-state index in [1.54, 1.807) is 38.1 Å². The van der Waals surface area contributed by atoms with Gasteiger partial charge in [0.15, 0.2) is 0 Å². The Morgan fingerprint density at radius 3 is 1.54 bits per heavy atom. The van der Waals surface area contributed by atoms with Crippen LogP contribution >= 0.6 is 0 Å². The van der Waals surface area contributed by atoms with Crippen molar-refractivity contribution in [2.24, 2.45) is 16.7 Å². The number of aromatic hydroxyl groups is 2. The molecule has 0 bridgehead atoms. The molecule has 37 heavy (non-hydrogen) atoms. The minimum absolute atomic E-state index is 0.0690. The van der Waals surface area contributed by atoms with Crippen LogP contribution in [0.15, 0.2) is 36.4 Å². The molecule has 0 fully saturated rings. The minimum atomic E-state index is -1.50. The zero-order valence-corrected chi connectivity index (χ0v) is 23.4. The largest absolute Gasteiger partial charge is 0.506 e. The van der Waals surface area contributed by atoms with Crippen LogP contribution in [-0.4, -0.2) is 33.5 Å². The third-order valence-corrected chi connectivity index (χ3v) is 6.08. The van der Waals surface area contributed by atoms with Crippen LogP contribution in [-0.2, 0) is 14.4 Å². The molecule has 5 N–H and O–H groups in total. The lowest BCUT2D eigenvalue weighted by Crippen LogP contribution is -2.56. The van der Waals surface area contributed by atoms with Crippen LogP contribution in [0.4, 0.5) is 11.4 Å². The molecule has 2 aromatic rings. The van der Waals surface area contributed by atoms with Crippen LogP contribution in [0.3, 0.4) is 0 Å². The number of aryl methyl sites for hydroxylation is 2. The first-order chi connectivity index (χ1) is 16.8. The highest BCUT2D eigenvalue weighted by molar-refractivity contribution is 6.14. The van der Waals surface area contributed by atoms with Crippen molar-refractivity contribution >= 4 is 29.1 Å². The van der Waals surface area contributed by atoms with Gasteiger partial charge in [-0.2, -0.15) is 0 Å². The molecule has 3 amide bonds. The molecular weight excluding hydrogens is 470 g/mol. The zero-order chi connectivity index (χ0) is 28.3. The first-order valence-electron chi connectivity index (χ1n) is 12.4. The summed E-state index contributed by atoms with van der Waals surface area (Å²) >= 11 is 0. The summed E-state index contributed by atoms with van der Waals surface area (Å²) in [5, 5.41) is 28.7. The summed E-state index contributed by atoms with van der Waals surface area (Å²) in [6.45, 7) is 16.7. The Morgan fingerprint density at radius 2 is 1.16 bits per heavy atom. The third kappa shape index (κ3) is 7.97. The third-order valence-electron chi connectivity index (χ3n) is 6.08. The number of phenolic OH excluding ortho intramolecular Hbond substituents is 2. The number of hydrogen-bond donors (Lipinski definition) is 5. The highest BCUT2D eigenvalue weighted by Crippen LogP contribution is 2.35. The number of hydrogen-bond acceptors (Lipinski definition) is 5. The van der Waals surface area contributed by atoms with E-state index >= 15 is 0 Å². The second kappa shape index (κ2) is 10.8. The number of amides is 3. The van der Waals surface area contributed by atoms with Crippen molar-refractivity contribution in [3.63, 3.8) is 0 Å². The molecule has 0 spiro atoms. The van der Waals surface area contributed by atoms with Gasteiger partial charge in [0.25, 0.3) is 0 Å². The Morgan fingerprint density at radius 1 is 0.757 bits per heavy atom. The highest BCUT2D eigenvalue weighted by Gasteiger charge is 2.47. The quantitative estimate of drug-likeness (QED) is 0.244. The van der Waals surface area contributed by atoms with Gasteiger partial charge in [-0.1, -0.05) is 32.9 Å². The van der Waals surface area contributed by atoms with Gasteiger partial charge in [0.2, 0.25) is 17.7 Å². The summed E-state index contributed by atoms with van der Waals surface area (Å²) in [5.41, 5.74) is -0.327. The van der Waals surface area contributed by atoms with Crippen molar-refractivity contribution in [3.8, 4) is 11.5 Å². The smallest absolute Gasteiger partial charge is 0.238 e. The normalized spacial score (nSPS) is 12.3. The Balaban J connectivity index is 2.47. The molecule has 0 unspecified atom stereocenters. The highest BCUT2D eigenvalue weighted by atomic mass is 16.3. The maximum Gasteiger partial charge on any atom is 0.238 e. The summed E-state index contributed by atoms with van der Waals surface area (Å²) < 4.78 is 0. The molecule has 0 aliphatic carbocycles. The molecule has 0 aliphatic heterocycles. The Kier molecular flexibility index (Phi) is 8.68. The molecule has 0 aliphatic rings. The SMILES string of the molecule is Cc1ccc(O)c(NC(=O)C(C(=O)Nc2cc(C)ccc2O)C(C)(C)C(=O)NC(C)(C)CC(C)(C)C)c1. The summed E-state index contributed by atoms with van der Waals surface area (Å²) in [5.74, 6) is -3.83. The predicted molar refractivity (Wildman–Crippen MR) is 147 cm³/mol. The minimum Gasteiger partial charge on any atom is -0.506 e. The van der Waals surface area contributed by atoms with Crippen LogP contribution in [0.5, 0.6) is 11.5 Å². The summed E-state index contributed by atoms with van der Waals surface area (Å²) in [4.78, 5) is 40.8. The number of phenols is 2. The average molecular weight is 512 g/mol. The van der Waals surface area contributed by atoms with E-state index in [4.69, 9.17) is 0 Å². The van der Waals surface area contributed by atoms with Crippen molar-refractivity contribution in [2.45, 2.75) is 74.3 Å². The molecule has 8 nitrogen and oxygen atoms in total. The van der Waals surface area contributed by atoms with E-state index in [9.17, 15) is 24.6 Å². The number of benzene rings is 2. The van der Waals surface area contributed by atoms with Gasteiger partial charge in [0.05, 0.1) is 16.8 Å². The van der Waals surface area contributed by atoms with Crippen LogP contribution in [0.1, 0.15) is 66.0 Å². The van der Waals surface area contributed by atoms with Gasteiger partial charge in [-0.25, -0.2) is 0 Å². The van der Waals surface area contributed by atoms with Gasteiger partial charge in [0.1, 0.15) is 17.4 Å². The Labute approximate surface area is 219 Å². The van der Waals surface area contributed by atoms with Crippen LogP contribution < -0.4 is 16.0 Å². The number of anilines is 2. The first-order valence-corrected chi connectivity index (χ1v) is 12.4. The molecule has 0 aromatic heterocycles. The van der Waals surface area contributed by atoms with Crippen molar-refractivity contribution in [2.75, 3.05) is 10.6 Å². The maximum atomic E-state index is 13.6. The number of nitrogens with one attached hydrogen (secondary N) is 3. The average Bonchev–Trinajstić information content (AvgIpc) is 2.71. The van der Waals surface area contributed by atoms with E-state index in [2.05, 4.69) is 36.7 Å². The maximum absolute atomic E-state index is 13.6. The lowest BCUT2D eigenvalue weighted by atomic mass is 9.75. The fourth-order valence-corrected chi connectivity index (χ4v) is 4.65. The standard InChI is InChI=1S/C29H41N3O5/c1-17-10-12-21(33)19(14-17)30-24(35)23(25(36)31-20-15-18(2)11-13-22(20)34)29(8,9)26(37)32-28(6,7)16-27(3,4)5/h10-15,23,33-34H,16H2,1-9H3,(H,30,35)(H,31,36)(H,32,37). The number of carbonyl (C=O) groups excluding carboxylic acids is 3. The van der Waals surface area contributed by atoms with Gasteiger partial charge >= 0.3 is 0 Å². The van der Waals surface area contributed by atoms with Crippen molar-refractivity contribution in [1.82, 2.24) is 5.32 Å². The summed E-state index contributed by atoms with van der Waals surface area (Å²) in [7, 11) is 0. The molecule has 0 saturated heterocycles. The molecular formula is C29H41N3O5. The van der Waals surface area contributed by atoms with E-state index in [0.717, 1.165) is 11.1 Å². The molecule has 0 atom stereocenters. The van der Waals surface area contributed by atoms with Gasteiger partial charge in [-0.15, -0.1) is 0 Å². The van der Waals surface area contributed by atoms with E-state index in [-0.39, 0.29) is 28.3 Å². The van der Waals surface area contributed by atoms with Gasteiger partial charge < -0.3 is 26.2 Å². The van der Waals surface area contributed by atoms with Gasteiger partial charge in [-0.3, -0.25) is 14.4 Å². The van der Waals surface area contributed by atoms with Gasteiger partial charge in [0, 0.05) is 5.54 Å². The number of carbonyl (C=O) groups is 3. The fraction of sp³-hybridized carbons (Fsp3) is 0.483. The molecule has 0 saturated carbocycles. The second-order valence-corrected chi connectivity index (χ2v) is 12.2. The number of rotatable bonds is 8. The van der Waals surface area contributed by atoms with Crippen molar-refractivity contribution in [3.05, 3.63) is 47.5 Å². The van der Waals surface area contributed by atoms with E-state index in [1.165, 1.54) is 26.0 Å². The molecule has 8 heteroatoms.